The summed E-state index contributed by atoms with van der Waals surface area (Å²) in [6.07, 6.45) is 2.57. The molecule has 0 unspecified atom stereocenters. The Bertz CT molecular complexity index is 836. The third kappa shape index (κ3) is 10.7. The van der Waals surface area contributed by atoms with Gasteiger partial charge in [0.25, 0.3) is 0 Å². The number of hydrogen-bond donors (Lipinski definition) is 2. The summed E-state index contributed by atoms with van der Waals surface area (Å²) in [6.45, 7) is 10.2. The summed E-state index contributed by atoms with van der Waals surface area (Å²) in [5, 5.41) is 14.5. The molecule has 0 spiro atoms. The van der Waals surface area contributed by atoms with Crippen LogP contribution in [-0.2, 0) is 17.8 Å². The molecule has 0 saturated carbocycles. The topological polar surface area (TPSA) is 87.4 Å². The molecular formula is C22H36IN7OS. The molecule has 0 aliphatic heterocycles. The monoisotopic (exact) mass is 573 g/mol. The quantitative estimate of drug-likeness (QED) is 0.150. The summed E-state index contributed by atoms with van der Waals surface area (Å²) in [5.74, 6) is 2.53. The first-order valence-electron chi connectivity index (χ1n) is 10.6. The maximum Gasteiger partial charge on any atom is 0.240 e. The molecule has 0 bridgehead atoms. The molecule has 1 amide bonds. The number of nitrogens with zero attached hydrogens (tertiary/aromatic N) is 5. The molecule has 1 aromatic carbocycles. The second-order valence-corrected chi connectivity index (χ2v) is 9.41. The molecule has 0 aliphatic carbocycles. The molecule has 178 valence electrons. The third-order valence-corrected chi connectivity index (χ3v) is 5.28. The van der Waals surface area contributed by atoms with Gasteiger partial charge in [-0.05, 0) is 32.9 Å². The van der Waals surface area contributed by atoms with E-state index in [9.17, 15) is 4.79 Å². The number of hydrogen-bond acceptors (Lipinski definition) is 5. The van der Waals surface area contributed by atoms with Crippen molar-refractivity contribution in [3.63, 3.8) is 0 Å². The van der Waals surface area contributed by atoms with Crippen LogP contribution in [0.15, 0.2) is 46.5 Å². The Labute approximate surface area is 213 Å². The molecule has 8 nitrogen and oxygen atoms in total. The molecule has 1 heterocycles. The molecule has 2 rings (SSSR count). The number of rotatable bonds is 10. The van der Waals surface area contributed by atoms with Crippen LogP contribution in [0.2, 0.25) is 0 Å². The van der Waals surface area contributed by atoms with E-state index in [1.807, 2.05) is 55.5 Å². The van der Waals surface area contributed by atoms with Crippen LogP contribution >= 0.6 is 35.7 Å². The number of thioether (sulfide) groups is 1. The van der Waals surface area contributed by atoms with Crippen molar-refractivity contribution < 1.29 is 4.79 Å². The lowest BCUT2D eigenvalue weighted by molar-refractivity contribution is -0.122. The maximum atomic E-state index is 12.4. The zero-order valence-corrected chi connectivity index (χ0v) is 22.8. The Balaban J connectivity index is 0.00000512. The molecule has 0 atom stereocenters. The fraction of sp³-hybridized carbons (Fsp3) is 0.545. The second kappa shape index (κ2) is 14.4. The van der Waals surface area contributed by atoms with Gasteiger partial charge in [0.05, 0.1) is 13.1 Å². The first-order chi connectivity index (χ1) is 14.8. The van der Waals surface area contributed by atoms with Gasteiger partial charge in [0.2, 0.25) is 5.91 Å². The van der Waals surface area contributed by atoms with Crippen LogP contribution in [0.25, 0.3) is 0 Å². The fourth-order valence-corrected chi connectivity index (χ4v) is 3.70. The lowest BCUT2D eigenvalue weighted by Gasteiger charge is -2.25. The highest BCUT2D eigenvalue weighted by molar-refractivity contribution is 14.0. The van der Waals surface area contributed by atoms with E-state index in [4.69, 9.17) is 4.99 Å². The van der Waals surface area contributed by atoms with Crippen LogP contribution in [-0.4, -0.2) is 69.5 Å². The molecule has 1 aromatic heterocycles. The van der Waals surface area contributed by atoms with Gasteiger partial charge in [0, 0.05) is 42.7 Å². The van der Waals surface area contributed by atoms with Crippen molar-refractivity contribution in [2.24, 2.45) is 4.99 Å². The highest BCUT2D eigenvalue weighted by Gasteiger charge is 2.17. The average Bonchev–Trinajstić information content (AvgIpc) is 3.16. The number of amides is 1. The molecule has 0 aliphatic rings. The lowest BCUT2D eigenvalue weighted by atomic mass is 10.1. The third-order valence-electron chi connectivity index (χ3n) is 4.27. The first-order valence-corrected chi connectivity index (χ1v) is 11.6. The lowest BCUT2D eigenvalue weighted by Crippen LogP contribution is -2.49. The first kappa shape index (κ1) is 28.2. The van der Waals surface area contributed by atoms with Gasteiger partial charge in [-0.15, -0.1) is 45.9 Å². The molecule has 2 aromatic rings. The van der Waals surface area contributed by atoms with Crippen LogP contribution in [0.4, 0.5) is 0 Å². The number of aliphatic imine (C=N–C) groups is 1. The predicted octanol–water partition coefficient (Wildman–Crippen LogP) is 3.04. The summed E-state index contributed by atoms with van der Waals surface area (Å²) in [6, 6.07) is 10.3. The number of aromatic nitrogens is 3. The minimum Gasteiger partial charge on any atom is -0.355 e. The molecule has 10 heteroatoms. The maximum absolute atomic E-state index is 12.4. The minimum absolute atomic E-state index is 0. The highest BCUT2D eigenvalue weighted by Crippen LogP contribution is 2.15. The van der Waals surface area contributed by atoms with E-state index >= 15 is 0 Å². The van der Waals surface area contributed by atoms with Gasteiger partial charge >= 0.3 is 0 Å². The van der Waals surface area contributed by atoms with Gasteiger partial charge < -0.3 is 20.1 Å². The van der Waals surface area contributed by atoms with E-state index in [2.05, 4.69) is 39.9 Å². The average molecular weight is 574 g/mol. The van der Waals surface area contributed by atoms with Crippen molar-refractivity contribution in [3.8, 4) is 0 Å². The van der Waals surface area contributed by atoms with Crippen LogP contribution in [0.1, 0.15) is 33.5 Å². The van der Waals surface area contributed by atoms with E-state index in [0.29, 0.717) is 19.0 Å². The second-order valence-electron chi connectivity index (χ2n) is 8.24. The van der Waals surface area contributed by atoms with Crippen molar-refractivity contribution in [2.75, 3.05) is 32.4 Å². The molecule has 32 heavy (non-hydrogen) atoms. The number of halogens is 1. The van der Waals surface area contributed by atoms with Crippen molar-refractivity contribution >= 4 is 47.6 Å². The van der Waals surface area contributed by atoms with Gasteiger partial charge in [0.15, 0.2) is 5.96 Å². The molecule has 0 radical (unpaired) electrons. The van der Waals surface area contributed by atoms with E-state index in [-0.39, 0.29) is 42.0 Å². The summed E-state index contributed by atoms with van der Waals surface area (Å²) < 4.78 is 2.01. The van der Waals surface area contributed by atoms with Crippen molar-refractivity contribution in [1.82, 2.24) is 30.3 Å². The van der Waals surface area contributed by atoms with Crippen molar-refractivity contribution in [3.05, 3.63) is 42.5 Å². The summed E-state index contributed by atoms with van der Waals surface area (Å²) in [4.78, 5) is 20.2. The van der Waals surface area contributed by atoms with Crippen LogP contribution in [0.5, 0.6) is 0 Å². The summed E-state index contributed by atoms with van der Waals surface area (Å²) >= 11 is 1.79. The van der Waals surface area contributed by atoms with Crippen LogP contribution in [0, 0.1) is 0 Å². The van der Waals surface area contributed by atoms with Crippen LogP contribution in [0.3, 0.4) is 0 Å². The van der Waals surface area contributed by atoms with E-state index in [1.54, 1.807) is 18.1 Å². The Hall–Kier alpha value is -1.82. The zero-order valence-electron chi connectivity index (χ0n) is 19.7. The fourth-order valence-electron chi connectivity index (χ4n) is 2.91. The number of guanidine groups is 1. The largest absolute Gasteiger partial charge is 0.355 e. The van der Waals surface area contributed by atoms with E-state index in [0.717, 1.165) is 24.5 Å². The number of likely N-dealkylation sites (N-methyl/N-ethyl adjacent to an activating group) is 1. The Morgan fingerprint density at radius 1 is 1.25 bits per heavy atom. The smallest absolute Gasteiger partial charge is 0.240 e. The SMILES string of the molecule is CCc1nncn1CCN=C(NCCSc1ccccc1)N(C)CC(=O)NC(C)(C)C.I. The Morgan fingerprint density at radius 2 is 1.97 bits per heavy atom. The van der Waals surface area contributed by atoms with Gasteiger partial charge in [-0.25, -0.2) is 0 Å². The molecular weight excluding hydrogens is 537 g/mol. The predicted molar refractivity (Wildman–Crippen MR) is 143 cm³/mol. The van der Waals surface area contributed by atoms with Gasteiger partial charge in [-0.3, -0.25) is 9.79 Å². The Morgan fingerprint density at radius 3 is 2.62 bits per heavy atom. The number of benzene rings is 1. The molecule has 2 N–H and O–H groups in total. The van der Waals surface area contributed by atoms with E-state index in [1.165, 1.54) is 4.90 Å². The Kier molecular flexibility index (Phi) is 12.7. The van der Waals surface area contributed by atoms with Crippen molar-refractivity contribution in [2.45, 2.75) is 51.1 Å². The van der Waals surface area contributed by atoms with Gasteiger partial charge in [-0.1, -0.05) is 25.1 Å². The minimum atomic E-state index is -0.264. The molecule has 0 saturated heterocycles. The van der Waals surface area contributed by atoms with Crippen LogP contribution < -0.4 is 10.6 Å². The zero-order chi connectivity index (χ0) is 22.7. The van der Waals surface area contributed by atoms with Gasteiger partial charge in [0.1, 0.15) is 12.2 Å². The van der Waals surface area contributed by atoms with E-state index < -0.39 is 0 Å². The number of carbonyl (C=O) groups excluding carboxylic acids is 1. The van der Waals surface area contributed by atoms with Crippen molar-refractivity contribution in [1.29, 1.82) is 0 Å². The number of nitrogens with one attached hydrogen (secondary N) is 2. The normalized spacial score (nSPS) is 11.6. The molecule has 0 fully saturated rings. The summed E-state index contributed by atoms with van der Waals surface area (Å²) in [5.41, 5.74) is -0.264. The standard InChI is InChI=1S/C22H35N7OS.HI/c1-6-19-27-25-17-29(19)14-12-23-21(28(5)16-20(30)26-22(2,3)4)24-13-15-31-18-10-8-7-9-11-18;/h7-11,17H,6,12-16H2,1-5H3,(H,23,24)(H,26,30);1H. The highest BCUT2D eigenvalue weighted by atomic mass is 127. The number of aryl methyl sites for hydroxylation is 1. The van der Waals surface area contributed by atoms with Gasteiger partial charge in [-0.2, -0.15) is 0 Å². The number of carbonyl (C=O) groups is 1. The summed E-state index contributed by atoms with van der Waals surface area (Å²) in [7, 11) is 1.88.